The summed E-state index contributed by atoms with van der Waals surface area (Å²) >= 11 is 0. The van der Waals surface area contributed by atoms with Crippen LogP contribution in [-0.4, -0.2) is 26.7 Å². The van der Waals surface area contributed by atoms with Gasteiger partial charge < -0.3 is 15.6 Å². The molecule has 0 saturated heterocycles. The molecule has 6 heteroatoms. The second-order valence-corrected chi connectivity index (χ2v) is 4.32. The summed E-state index contributed by atoms with van der Waals surface area (Å²) in [6.45, 7) is 1.87. The summed E-state index contributed by atoms with van der Waals surface area (Å²) in [5.74, 6) is 0.498. The highest BCUT2D eigenvalue weighted by Gasteiger charge is 2.15. The van der Waals surface area contributed by atoms with E-state index in [0.717, 1.165) is 5.56 Å². The molecule has 19 heavy (non-hydrogen) atoms. The Labute approximate surface area is 111 Å². The van der Waals surface area contributed by atoms with Crippen LogP contribution in [-0.2, 0) is 11.8 Å². The number of hydrogen-bond donors (Lipinski definition) is 2. The Hall–Kier alpha value is -2.21. The van der Waals surface area contributed by atoms with Gasteiger partial charge in [-0.25, -0.2) is 0 Å². The molecule has 1 atom stereocenters. The van der Waals surface area contributed by atoms with Crippen LogP contribution in [0.25, 0.3) is 11.4 Å². The Morgan fingerprint density at radius 3 is 2.84 bits per heavy atom. The number of nitrogens with one attached hydrogen (secondary N) is 1. The largest absolute Gasteiger partial charge is 0.324 e. The molecule has 2 rings (SSSR count). The molecule has 0 aliphatic heterocycles. The lowest BCUT2D eigenvalue weighted by Crippen LogP contribution is -2.34. The predicted molar refractivity (Wildman–Crippen MR) is 73.3 cm³/mol. The maximum atomic E-state index is 11.9. The molecule has 1 aromatic heterocycles. The average Bonchev–Trinajstić information content (AvgIpc) is 2.84. The fourth-order valence-corrected chi connectivity index (χ4v) is 1.72. The van der Waals surface area contributed by atoms with Gasteiger partial charge in [0, 0.05) is 12.6 Å². The topological polar surface area (TPSA) is 85.8 Å². The van der Waals surface area contributed by atoms with E-state index in [1.807, 2.05) is 38.2 Å². The number of nitrogens with two attached hydrogens (primary N) is 1. The van der Waals surface area contributed by atoms with Crippen LogP contribution in [0.5, 0.6) is 0 Å². The van der Waals surface area contributed by atoms with Crippen molar-refractivity contribution in [3.8, 4) is 11.4 Å². The van der Waals surface area contributed by atoms with Gasteiger partial charge >= 0.3 is 0 Å². The van der Waals surface area contributed by atoms with Gasteiger partial charge in [0.05, 0.1) is 11.7 Å². The van der Waals surface area contributed by atoms with Gasteiger partial charge in [0.25, 0.3) is 0 Å². The normalized spacial score (nSPS) is 12.2. The van der Waals surface area contributed by atoms with E-state index >= 15 is 0 Å². The molecule has 2 aromatic rings. The lowest BCUT2D eigenvalue weighted by atomic mass is 10.1. The Kier molecular flexibility index (Phi) is 3.91. The highest BCUT2D eigenvalue weighted by molar-refractivity contribution is 5.97. The van der Waals surface area contributed by atoms with Gasteiger partial charge in [0.1, 0.15) is 6.33 Å². The summed E-state index contributed by atoms with van der Waals surface area (Å²) < 4.78 is 1.80. The molecule has 0 fully saturated rings. The predicted octanol–water partition coefficient (Wildman–Crippen LogP) is 1.16. The van der Waals surface area contributed by atoms with Crippen molar-refractivity contribution in [3.05, 3.63) is 30.6 Å². The quantitative estimate of drug-likeness (QED) is 0.862. The number of aryl methyl sites for hydroxylation is 1. The van der Waals surface area contributed by atoms with E-state index in [2.05, 4.69) is 15.5 Å². The molecule has 1 aromatic carbocycles. The Morgan fingerprint density at radius 1 is 1.47 bits per heavy atom. The molecule has 0 aliphatic rings. The fraction of sp³-hybridized carbons (Fsp3) is 0.308. The molecule has 0 bridgehead atoms. The maximum Gasteiger partial charge on any atom is 0.241 e. The number of carbonyl (C=O) groups excluding carboxylic acids is 1. The highest BCUT2D eigenvalue weighted by Crippen LogP contribution is 2.25. The number of aromatic nitrogens is 3. The molecule has 0 saturated carbocycles. The van der Waals surface area contributed by atoms with Gasteiger partial charge in [0.2, 0.25) is 5.91 Å². The van der Waals surface area contributed by atoms with Crippen LogP contribution in [0, 0.1) is 0 Å². The van der Waals surface area contributed by atoms with Gasteiger partial charge in [-0.3, -0.25) is 4.79 Å². The van der Waals surface area contributed by atoms with Crippen LogP contribution < -0.4 is 11.1 Å². The Morgan fingerprint density at radius 2 is 2.21 bits per heavy atom. The van der Waals surface area contributed by atoms with E-state index in [1.165, 1.54) is 0 Å². The van der Waals surface area contributed by atoms with Crippen LogP contribution in [0.1, 0.15) is 13.3 Å². The first-order valence-electron chi connectivity index (χ1n) is 6.13. The zero-order chi connectivity index (χ0) is 13.8. The number of amides is 1. The lowest BCUT2D eigenvalue weighted by molar-refractivity contribution is -0.117. The Balaban J connectivity index is 2.32. The zero-order valence-electron chi connectivity index (χ0n) is 11.0. The van der Waals surface area contributed by atoms with E-state index in [0.29, 0.717) is 17.9 Å². The molecule has 0 spiro atoms. The van der Waals surface area contributed by atoms with Crippen LogP contribution >= 0.6 is 0 Å². The van der Waals surface area contributed by atoms with Crippen molar-refractivity contribution in [2.24, 2.45) is 12.8 Å². The SMILES string of the molecule is CCC(N)C(=O)Nc1ccccc1-c1nncn1C. The first kappa shape index (κ1) is 13.2. The highest BCUT2D eigenvalue weighted by atomic mass is 16.2. The van der Waals surface area contributed by atoms with Gasteiger partial charge in [-0.2, -0.15) is 0 Å². The first-order valence-corrected chi connectivity index (χ1v) is 6.13. The molecule has 0 radical (unpaired) electrons. The number of benzene rings is 1. The van der Waals surface area contributed by atoms with Crippen molar-refractivity contribution >= 4 is 11.6 Å². The number of anilines is 1. The summed E-state index contributed by atoms with van der Waals surface area (Å²) in [4.78, 5) is 11.9. The van der Waals surface area contributed by atoms with E-state index in [-0.39, 0.29) is 5.91 Å². The van der Waals surface area contributed by atoms with Crippen LogP contribution in [0.2, 0.25) is 0 Å². The first-order chi connectivity index (χ1) is 9.13. The summed E-state index contributed by atoms with van der Waals surface area (Å²) in [5.41, 5.74) is 7.22. The molecule has 6 nitrogen and oxygen atoms in total. The maximum absolute atomic E-state index is 11.9. The minimum Gasteiger partial charge on any atom is -0.324 e. The van der Waals surface area contributed by atoms with E-state index in [4.69, 9.17) is 5.73 Å². The molecule has 0 aliphatic carbocycles. The van der Waals surface area contributed by atoms with E-state index in [9.17, 15) is 4.79 Å². The fourth-order valence-electron chi connectivity index (χ4n) is 1.72. The molecule has 3 N–H and O–H groups in total. The van der Waals surface area contributed by atoms with Crippen molar-refractivity contribution in [1.82, 2.24) is 14.8 Å². The smallest absolute Gasteiger partial charge is 0.241 e. The van der Waals surface area contributed by atoms with Gasteiger partial charge in [-0.15, -0.1) is 10.2 Å². The standard InChI is InChI=1S/C13H17N5O/c1-3-10(14)13(19)16-11-7-5-4-6-9(11)12-17-15-8-18(12)2/h4-8,10H,3,14H2,1-2H3,(H,16,19). The van der Waals surface area contributed by atoms with E-state index in [1.54, 1.807) is 10.9 Å². The molecular weight excluding hydrogens is 242 g/mol. The minimum absolute atomic E-state index is 0.197. The second-order valence-electron chi connectivity index (χ2n) is 4.32. The summed E-state index contributed by atoms with van der Waals surface area (Å²) in [6.07, 6.45) is 2.21. The van der Waals surface area contributed by atoms with E-state index < -0.39 is 6.04 Å². The van der Waals surface area contributed by atoms with Gasteiger partial charge in [-0.1, -0.05) is 19.1 Å². The summed E-state index contributed by atoms with van der Waals surface area (Å²) in [5, 5.41) is 10.7. The number of nitrogens with zero attached hydrogens (tertiary/aromatic N) is 3. The summed E-state index contributed by atoms with van der Waals surface area (Å²) in [7, 11) is 1.85. The number of rotatable bonds is 4. The van der Waals surface area contributed by atoms with Crippen LogP contribution in [0.15, 0.2) is 30.6 Å². The number of para-hydroxylation sites is 1. The molecule has 100 valence electrons. The van der Waals surface area contributed by atoms with Crippen molar-refractivity contribution in [3.63, 3.8) is 0 Å². The number of hydrogen-bond acceptors (Lipinski definition) is 4. The van der Waals surface area contributed by atoms with Crippen molar-refractivity contribution in [1.29, 1.82) is 0 Å². The van der Waals surface area contributed by atoms with Gasteiger partial charge in [-0.05, 0) is 18.6 Å². The second kappa shape index (κ2) is 5.62. The summed E-state index contributed by atoms with van der Waals surface area (Å²) in [6, 6.07) is 6.95. The minimum atomic E-state index is -0.507. The van der Waals surface area contributed by atoms with Crippen LogP contribution in [0.3, 0.4) is 0 Å². The van der Waals surface area contributed by atoms with Gasteiger partial charge in [0.15, 0.2) is 5.82 Å². The van der Waals surface area contributed by atoms with Crippen molar-refractivity contribution in [2.45, 2.75) is 19.4 Å². The third kappa shape index (κ3) is 2.79. The van der Waals surface area contributed by atoms with Crippen molar-refractivity contribution in [2.75, 3.05) is 5.32 Å². The van der Waals surface area contributed by atoms with Crippen molar-refractivity contribution < 1.29 is 4.79 Å². The molecular formula is C13H17N5O. The molecule has 1 unspecified atom stereocenters. The molecule has 1 amide bonds. The zero-order valence-corrected chi connectivity index (χ0v) is 11.0. The lowest BCUT2D eigenvalue weighted by Gasteiger charge is -2.13. The average molecular weight is 259 g/mol. The molecule has 1 heterocycles. The number of carbonyl (C=O) groups is 1. The monoisotopic (exact) mass is 259 g/mol. The Bertz CT molecular complexity index is 578. The third-order valence-electron chi connectivity index (χ3n) is 2.91. The third-order valence-corrected chi connectivity index (χ3v) is 2.91. The van der Waals surface area contributed by atoms with Crippen LogP contribution in [0.4, 0.5) is 5.69 Å².